The molecule has 2 aromatic carbocycles. The minimum Gasteiger partial charge on any atom is -0.469 e. The van der Waals surface area contributed by atoms with Gasteiger partial charge in [-0.3, -0.25) is 9.59 Å². The minimum absolute atomic E-state index is 0.0795. The Labute approximate surface area is 152 Å². The molecule has 0 unspecified atom stereocenters. The fourth-order valence-electron chi connectivity index (χ4n) is 3.02. The molecular formula is C20H20ClNO3. The summed E-state index contributed by atoms with van der Waals surface area (Å²) in [6.45, 7) is 0. The van der Waals surface area contributed by atoms with Crippen LogP contribution in [0.1, 0.15) is 40.2 Å². The minimum atomic E-state index is -0.292. The van der Waals surface area contributed by atoms with E-state index in [2.05, 4.69) is 10.1 Å². The predicted molar refractivity (Wildman–Crippen MR) is 96.8 cm³/mol. The van der Waals surface area contributed by atoms with E-state index in [0.717, 1.165) is 23.4 Å². The second kappa shape index (κ2) is 7.70. The lowest BCUT2D eigenvalue weighted by atomic mass is 9.76. The van der Waals surface area contributed by atoms with E-state index in [9.17, 15) is 9.59 Å². The summed E-state index contributed by atoms with van der Waals surface area (Å²) in [5.41, 5.74) is 2.69. The maximum absolute atomic E-state index is 12.3. The molecule has 4 nitrogen and oxygen atoms in total. The molecule has 1 amide bonds. The summed E-state index contributed by atoms with van der Waals surface area (Å²) in [4.78, 5) is 23.6. The highest BCUT2D eigenvalue weighted by Gasteiger charge is 2.31. The van der Waals surface area contributed by atoms with Gasteiger partial charge in [0, 0.05) is 16.6 Å². The fraction of sp³-hybridized carbons (Fsp3) is 0.300. The number of rotatable bonds is 5. The van der Waals surface area contributed by atoms with E-state index in [1.165, 1.54) is 12.7 Å². The lowest BCUT2D eigenvalue weighted by Crippen LogP contribution is -2.43. The second-order valence-electron chi connectivity index (χ2n) is 6.34. The van der Waals surface area contributed by atoms with Crippen molar-refractivity contribution in [2.45, 2.75) is 31.2 Å². The summed E-state index contributed by atoms with van der Waals surface area (Å²) in [5.74, 6) is 0.106. The second-order valence-corrected chi connectivity index (χ2v) is 6.78. The molecule has 5 heteroatoms. The summed E-state index contributed by atoms with van der Waals surface area (Å²) < 4.78 is 4.63. The van der Waals surface area contributed by atoms with Crippen molar-refractivity contribution < 1.29 is 14.3 Å². The van der Waals surface area contributed by atoms with Crippen molar-refractivity contribution in [1.29, 1.82) is 0 Å². The van der Waals surface area contributed by atoms with Crippen LogP contribution in [0.2, 0.25) is 5.02 Å². The smallest absolute Gasteiger partial charge is 0.309 e. The number of benzene rings is 2. The van der Waals surface area contributed by atoms with Crippen LogP contribution >= 0.6 is 11.6 Å². The first-order valence-electron chi connectivity index (χ1n) is 8.27. The van der Waals surface area contributed by atoms with E-state index < -0.39 is 0 Å². The number of ether oxygens (including phenoxy) is 1. The molecule has 25 heavy (non-hydrogen) atoms. The molecule has 1 fully saturated rings. The molecule has 0 saturated heterocycles. The Bertz CT molecular complexity index is 750. The lowest BCUT2D eigenvalue weighted by Gasteiger charge is -2.36. The lowest BCUT2D eigenvalue weighted by molar-refractivity contribution is -0.139. The zero-order chi connectivity index (χ0) is 17.8. The van der Waals surface area contributed by atoms with Gasteiger partial charge in [-0.25, -0.2) is 0 Å². The molecule has 130 valence electrons. The van der Waals surface area contributed by atoms with Gasteiger partial charge in [-0.15, -0.1) is 0 Å². The van der Waals surface area contributed by atoms with Gasteiger partial charge < -0.3 is 10.1 Å². The highest BCUT2D eigenvalue weighted by atomic mass is 35.5. The topological polar surface area (TPSA) is 55.4 Å². The number of nitrogens with one attached hydrogen (secondary N) is 1. The average molecular weight is 358 g/mol. The largest absolute Gasteiger partial charge is 0.469 e. The first kappa shape index (κ1) is 17.5. The van der Waals surface area contributed by atoms with E-state index in [-0.39, 0.29) is 24.3 Å². The van der Waals surface area contributed by atoms with Crippen LogP contribution in [0.4, 0.5) is 0 Å². The summed E-state index contributed by atoms with van der Waals surface area (Å²) >= 11 is 5.91. The van der Waals surface area contributed by atoms with E-state index >= 15 is 0 Å². The monoisotopic (exact) mass is 357 g/mol. The molecular weight excluding hydrogens is 338 g/mol. The van der Waals surface area contributed by atoms with Gasteiger partial charge in [0.25, 0.3) is 5.91 Å². The normalized spacial score (nSPS) is 19.0. The Balaban J connectivity index is 1.50. The van der Waals surface area contributed by atoms with Crippen LogP contribution in [0, 0.1) is 0 Å². The summed E-state index contributed by atoms with van der Waals surface area (Å²) in [6.07, 6.45) is 2.09. The van der Waals surface area contributed by atoms with Crippen molar-refractivity contribution in [3.8, 4) is 0 Å². The maximum Gasteiger partial charge on any atom is 0.309 e. The van der Waals surface area contributed by atoms with E-state index in [1.807, 2.05) is 24.3 Å². The van der Waals surface area contributed by atoms with Gasteiger partial charge in [-0.05, 0) is 54.2 Å². The maximum atomic E-state index is 12.3. The first-order valence-corrected chi connectivity index (χ1v) is 8.65. The van der Waals surface area contributed by atoms with Crippen LogP contribution < -0.4 is 5.32 Å². The van der Waals surface area contributed by atoms with Gasteiger partial charge in [0.2, 0.25) is 0 Å². The number of methoxy groups -OCH3 is 1. The van der Waals surface area contributed by atoms with Crippen LogP contribution in [-0.2, 0) is 16.0 Å². The van der Waals surface area contributed by atoms with Crippen LogP contribution in [-0.4, -0.2) is 25.0 Å². The third-order valence-corrected chi connectivity index (χ3v) is 4.86. The molecule has 0 bridgehead atoms. The molecule has 3 rings (SSSR count). The number of esters is 1. The molecule has 1 aliphatic carbocycles. The van der Waals surface area contributed by atoms with Crippen LogP contribution in [0.15, 0.2) is 48.5 Å². The van der Waals surface area contributed by atoms with E-state index in [1.54, 1.807) is 24.3 Å². The van der Waals surface area contributed by atoms with Crippen LogP contribution in [0.3, 0.4) is 0 Å². The SMILES string of the molecule is COC(=O)Cc1ccc(C(=O)NC2CC(c3ccc(Cl)cc3)C2)cc1. The van der Waals surface area contributed by atoms with Crippen molar-refractivity contribution in [2.24, 2.45) is 0 Å². The van der Waals surface area contributed by atoms with Gasteiger partial charge in [0.05, 0.1) is 13.5 Å². The van der Waals surface area contributed by atoms with Gasteiger partial charge in [0.1, 0.15) is 0 Å². The van der Waals surface area contributed by atoms with Crippen LogP contribution in [0.25, 0.3) is 0 Å². The molecule has 1 N–H and O–H groups in total. The molecule has 0 atom stereocenters. The first-order chi connectivity index (χ1) is 12.0. The molecule has 0 aliphatic heterocycles. The molecule has 0 spiro atoms. The number of hydrogen-bond acceptors (Lipinski definition) is 3. The number of hydrogen-bond donors (Lipinski definition) is 1. The fourth-order valence-corrected chi connectivity index (χ4v) is 3.15. The molecule has 0 aromatic heterocycles. The van der Waals surface area contributed by atoms with Gasteiger partial charge in [-0.2, -0.15) is 0 Å². The Morgan fingerprint density at radius 3 is 2.32 bits per heavy atom. The zero-order valence-electron chi connectivity index (χ0n) is 14.0. The average Bonchev–Trinajstić information content (AvgIpc) is 2.59. The predicted octanol–water partition coefficient (Wildman–Crippen LogP) is 3.73. The Hall–Kier alpha value is -2.33. The Morgan fingerprint density at radius 1 is 1.08 bits per heavy atom. The van der Waals surface area contributed by atoms with Crippen LogP contribution in [0.5, 0.6) is 0 Å². The summed E-state index contributed by atoms with van der Waals surface area (Å²) in [6, 6.07) is 15.1. The molecule has 0 radical (unpaired) electrons. The van der Waals surface area contributed by atoms with E-state index in [4.69, 9.17) is 11.6 Å². The third-order valence-electron chi connectivity index (χ3n) is 4.61. The Morgan fingerprint density at radius 2 is 1.72 bits per heavy atom. The van der Waals surface area contributed by atoms with Crippen molar-refractivity contribution in [3.63, 3.8) is 0 Å². The van der Waals surface area contributed by atoms with Gasteiger partial charge in [-0.1, -0.05) is 35.9 Å². The quantitative estimate of drug-likeness (QED) is 0.829. The summed E-state index contributed by atoms with van der Waals surface area (Å²) in [7, 11) is 1.36. The number of carbonyl (C=O) groups is 2. The number of amides is 1. The highest BCUT2D eigenvalue weighted by molar-refractivity contribution is 6.30. The van der Waals surface area contributed by atoms with E-state index in [0.29, 0.717) is 11.5 Å². The number of halogens is 1. The van der Waals surface area contributed by atoms with Crippen molar-refractivity contribution in [2.75, 3.05) is 7.11 Å². The van der Waals surface area contributed by atoms with Gasteiger partial charge in [0.15, 0.2) is 0 Å². The molecule has 1 aliphatic rings. The highest BCUT2D eigenvalue weighted by Crippen LogP contribution is 2.37. The molecule has 1 saturated carbocycles. The van der Waals surface area contributed by atoms with Crippen molar-refractivity contribution >= 4 is 23.5 Å². The van der Waals surface area contributed by atoms with Crippen molar-refractivity contribution in [1.82, 2.24) is 5.32 Å². The third kappa shape index (κ3) is 4.40. The standard InChI is InChI=1S/C20H20ClNO3/c1-25-19(23)10-13-2-4-15(5-3-13)20(24)22-18-11-16(12-18)14-6-8-17(21)9-7-14/h2-9,16,18H,10-12H2,1H3,(H,22,24). The van der Waals surface area contributed by atoms with Gasteiger partial charge >= 0.3 is 5.97 Å². The molecule has 0 heterocycles. The zero-order valence-corrected chi connectivity index (χ0v) is 14.8. The Kier molecular flexibility index (Phi) is 5.39. The number of carbonyl (C=O) groups excluding carboxylic acids is 2. The van der Waals surface area contributed by atoms with Crippen molar-refractivity contribution in [3.05, 3.63) is 70.2 Å². The summed E-state index contributed by atoms with van der Waals surface area (Å²) in [5, 5.41) is 3.80. The molecule has 2 aromatic rings.